The van der Waals surface area contributed by atoms with E-state index in [9.17, 15) is 4.79 Å². The summed E-state index contributed by atoms with van der Waals surface area (Å²) in [5, 5.41) is 13.1. The van der Waals surface area contributed by atoms with Crippen LogP contribution in [0.2, 0.25) is 5.02 Å². The van der Waals surface area contributed by atoms with Crippen molar-refractivity contribution in [3.8, 4) is 0 Å². The molecule has 0 bridgehead atoms. The van der Waals surface area contributed by atoms with Crippen molar-refractivity contribution < 1.29 is 9.90 Å². The van der Waals surface area contributed by atoms with Crippen LogP contribution in [0.25, 0.3) is 0 Å². The first-order valence-electron chi connectivity index (χ1n) is 6.78. The molecule has 3 nitrogen and oxygen atoms in total. The second-order valence-corrected chi connectivity index (χ2v) is 5.73. The maximum atomic E-state index is 11.0. The van der Waals surface area contributed by atoms with Gasteiger partial charge in [0.2, 0.25) is 0 Å². The van der Waals surface area contributed by atoms with Crippen molar-refractivity contribution in [3.63, 3.8) is 0 Å². The Hall–Kier alpha value is -1.06. The molecule has 2 rings (SSSR count). The lowest BCUT2D eigenvalue weighted by atomic mass is 9.94. The van der Waals surface area contributed by atoms with Crippen LogP contribution in [0.4, 0.5) is 0 Å². The largest absolute Gasteiger partial charge is 0.481 e. The zero-order valence-electron chi connectivity index (χ0n) is 11.3. The standard InChI is InChI=1S/C15H20ClNO2/c1-3-9(2)12-5-4-10(6-13(12)16)14-7-11(8-17-14)15(18)19/h4-6,9,11,14,17H,3,7-8H2,1-2H3,(H,18,19). The highest BCUT2D eigenvalue weighted by Crippen LogP contribution is 2.33. The van der Waals surface area contributed by atoms with E-state index >= 15 is 0 Å². The van der Waals surface area contributed by atoms with Crippen LogP contribution in [0.5, 0.6) is 0 Å². The molecule has 19 heavy (non-hydrogen) atoms. The first-order valence-corrected chi connectivity index (χ1v) is 7.16. The van der Waals surface area contributed by atoms with E-state index < -0.39 is 5.97 Å². The minimum atomic E-state index is -0.725. The van der Waals surface area contributed by atoms with Gasteiger partial charge in [0, 0.05) is 17.6 Å². The van der Waals surface area contributed by atoms with Crippen LogP contribution in [0, 0.1) is 5.92 Å². The van der Waals surface area contributed by atoms with Gasteiger partial charge in [-0.15, -0.1) is 0 Å². The third-order valence-corrected chi connectivity index (χ3v) is 4.38. The highest BCUT2D eigenvalue weighted by molar-refractivity contribution is 6.31. The molecule has 0 aromatic heterocycles. The average molecular weight is 282 g/mol. The van der Waals surface area contributed by atoms with Crippen molar-refractivity contribution in [1.82, 2.24) is 5.32 Å². The molecular formula is C15H20ClNO2. The van der Waals surface area contributed by atoms with E-state index in [1.807, 2.05) is 6.07 Å². The summed E-state index contributed by atoms with van der Waals surface area (Å²) < 4.78 is 0. The summed E-state index contributed by atoms with van der Waals surface area (Å²) in [7, 11) is 0. The number of aliphatic carboxylic acids is 1. The van der Waals surface area contributed by atoms with E-state index in [1.165, 1.54) is 5.56 Å². The summed E-state index contributed by atoms with van der Waals surface area (Å²) in [4.78, 5) is 11.0. The second-order valence-electron chi connectivity index (χ2n) is 5.32. The van der Waals surface area contributed by atoms with Gasteiger partial charge in [-0.25, -0.2) is 0 Å². The van der Waals surface area contributed by atoms with Crippen LogP contribution in [0.15, 0.2) is 18.2 Å². The van der Waals surface area contributed by atoms with Gasteiger partial charge in [-0.05, 0) is 36.0 Å². The maximum absolute atomic E-state index is 11.0. The number of halogens is 1. The number of benzene rings is 1. The Morgan fingerprint density at radius 1 is 1.58 bits per heavy atom. The van der Waals surface area contributed by atoms with E-state index in [4.69, 9.17) is 16.7 Å². The Balaban J connectivity index is 2.15. The fourth-order valence-corrected chi connectivity index (χ4v) is 2.93. The van der Waals surface area contributed by atoms with Crippen molar-refractivity contribution in [2.24, 2.45) is 5.92 Å². The monoisotopic (exact) mass is 281 g/mol. The second kappa shape index (κ2) is 5.93. The molecule has 4 heteroatoms. The van der Waals surface area contributed by atoms with Gasteiger partial charge in [-0.1, -0.05) is 37.6 Å². The van der Waals surface area contributed by atoms with Gasteiger partial charge >= 0.3 is 5.97 Å². The normalized spacial score (nSPS) is 24.4. The predicted octanol–water partition coefficient (Wildman–Crippen LogP) is 3.59. The summed E-state index contributed by atoms with van der Waals surface area (Å²) in [5.41, 5.74) is 2.25. The van der Waals surface area contributed by atoms with Gasteiger partial charge in [0.15, 0.2) is 0 Å². The van der Waals surface area contributed by atoms with E-state index in [0.29, 0.717) is 18.9 Å². The first kappa shape index (κ1) is 14.4. The highest BCUT2D eigenvalue weighted by Gasteiger charge is 2.30. The molecule has 1 saturated heterocycles. The van der Waals surface area contributed by atoms with Crippen LogP contribution >= 0.6 is 11.6 Å². The smallest absolute Gasteiger partial charge is 0.307 e. The van der Waals surface area contributed by atoms with Crippen LogP contribution in [0.3, 0.4) is 0 Å². The van der Waals surface area contributed by atoms with Crippen molar-refractivity contribution >= 4 is 17.6 Å². The number of nitrogens with one attached hydrogen (secondary N) is 1. The van der Waals surface area contributed by atoms with Gasteiger partial charge in [-0.3, -0.25) is 4.79 Å². The van der Waals surface area contributed by atoms with Gasteiger partial charge < -0.3 is 10.4 Å². The molecule has 0 spiro atoms. The molecule has 1 aromatic rings. The summed E-state index contributed by atoms with van der Waals surface area (Å²) in [6.45, 7) is 4.84. The summed E-state index contributed by atoms with van der Waals surface area (Å²) in [5.74, 6) is -0.569. The molecule has 0 saturated carbocycles. The van der Waals surface area contributed by atoms with Crippen LogP contribution in [-0.2, 0) is 4.79 Å². The predicted molar refractivity (Wildman–Crippen MR) is 76.6 cm³/mol. The number of carboxylic acids is 1. The van der Waals surface area contributed by atoms with E-state index in [0.717, 1.165) is 17.0 Å². The zero-order valence-corrected chi connectivity index (χ0v) is 12.1. The van der Waals surface area contributed by atoms with E-state index in [2.05, 4.69) is 31.3 Å². The zero-order chi connectivity index (χ0) is 14.0. The molecule has 1 aromatic carbocycles. The average Bonchev–Trinajstić information content (AvgIpc) is 2.87. The number of hydrogen-bond acceptors (Lipinski definition) is 2. The van der Waals surface area contributed by atoms with Crippen molar-refractivity contribution in [1.29, 1.82) is 0 Å². The Morgan fingerprint density at radius 2 is 2.32 bits per heavy atom. The Morgan fingerprint density at radius 3 is 2.84 bits per heavy atom. The molecule has 1 aliphatic heterocycles. The molecule has 104 valence electrons. The van der Waals surface area contributed by atoms with Crippen LogP contribution < -0.4 is 5.32 Å². The third kappa shape index (κ3) is 3.10. The summed E-state index contributed by atoms with van der Waals surface area (Å²) >= 11 is 6.34. The fourth-order valence-electron chi connectivity index (χ4n) is 2.56. The molecule has 1 aliphatic rings. The number of carboxylic acid groups (broad SMARTS) is 1. The van der Waals surface area contributed by atoms with Crippen molar-refractivity contribution in [2.75, 3.05) is 6.54 Å². The molecule has 0 amide bonds. The molecule has 0 aliphatic carbocycles. The molecule has 3 unspecified atom stereocenters. The number of hydrogen-bond donors (Lipinski definition) is 2. The molecule has 3 atom stereocenters. The summed E-state index contributed by atoms with van der Waals surface area (Å²) in [6, 6.07) is 6.21. The first-order chi connectivity index (χ1) is 9.02. The molecule has 1 heterocycles. The van der Waals surface area contributed by atoms with E-state index in [-0.39, 0.29) is 12.0 Å². The fraction of sp³-hybridized carbons (Fsp3) is 0.533. The Labute approximate surface area is 119 Å². The molecule has 1 fully saturated rings. The lowest BCUT2D eigenvalue weighted by Crippen LogP contribution is -2.17. The minimum Gasteiger partial charge on any atom is -0.481 e. The molecule has 2 N–H and O–H groups in total. The Bertz CT molecular complexity index is 475. The number of carbonyl (C=O) groups is 1. The lowest BCUT2D eigenvalue weighted by Gasteiger charge is -2.16. The maximum Gasteiger partial charge on any atom is 0.307 e. The summed E-state index contributed by atoms with van der Waals surface area (Å²) in [6.07, 6.45) is 1.69. The van der Waals surface area contributed by atoms with Crippen molar-refractivity contribution in [3.05, 3.63) is 34.3 Å². The lowest BCUT2D eigenvalue weighted by molar-refractivity contribution is -0.141. The van der Waals surface area contributed by atoms with Crippen LogP contribution in [-0.4, -0.2) is 17.6 Å². The van der Waals surface area contributed by atoms with E-state index in [1.54, 1.807) is 0 Å². The quantitative estimate of drug-likeness (QED) is 0.887. The van der Waals surface area contributed by atoms with Gasteiger partial charge in [0.1, 0.15) is 0 Å². The topological polar surface area (TPSA) is 49.3 Å². The van der Waals surface area contributed by atoms with Crippen molar-refractivity contribution in [2.45, 2.75) is 38.6 Å². The molecular weight excluding hydrogens is 262 g/mol. The van der Waals surface area contributed by atoms with Gasteiger partial charge in [0.05, 0.1) is 5.92 Å². The molecule has 0 radical (unpaired) electrons. The minimum absolute atomic E-state index is 0.101. The highest BCUT2D eigenvalue weighted by atomic mass is 35.5. The number of rotatable bonds is 4. The Kier molecular flexibility index (Phi) is 4.48. The van der Waals surface area contributed by atoms with Crippen LogP contribution in [0.1, 0.15) is 49.8 Å². The SMILES string of the molecule is CCC(C)c1ccc(C2CC(C(=O)O)CN2)cc1Cl. The third-order valence-electron chi connectivity index (χ3n) is 4.05. The van der Waals surface area contributed by atoms with Gasteiger partial charge in [0.25, 0.3) is 0 Å². The van der Waals surface area contributed by atoms with Gasteiger partial charge in [-0.2, -0.15) is 0 Å².